The molecule has 0 unspecified atom stereocenters. The molecule has 0 spiro atoms. The molecule has 154 valence electrons. The van der Waals surface area contributed by atoms with Gasteiger partial charge in [0.05, 0.1) is 28.2 Å². The molecule has 0 saturated heterocycles. The number of rotatable bonds is 12. The molecule has 0 bridgehead atoms. The van der Waals surface area contributed by atoms with Crippen LogP contribution in [0.3, 0.4) is 0 Å². The molecule has 3 N–H and O–H groups in total. The number of aliphatic hydroxyl groups is 1. The van der Waals surface area contributed by atoms with Crippen molar-refractivity contribution in [2.24, 2.45) is 0 Å². The molecular formula is C20H25BrCl2N2O3. The predicted molar refractivity (Wildman–Crippen MR) is 118 cm³/mol. The van der Waals surface area contributed by atoms with E-state index in [2.05, 4.69) is 26.6 Å². The van der Waals surface area contributed by atoms with E-state index >= 15 is 0 Å². The number of ether oxygens (including phenoxy) is 2. The van der Waals surface area contributed by atoms with Gasteiger partial charge >= 0.3 is 0 Å². The molecule has 2 aromatic carbocycles. The van der Waals surface area contributed by atoms with Crippen molar-refractivity contribution < 1.29 is 14.6 Å². The van der Waals surface area contributed by atoms with Crippen LogP contribution in [-0.2, 0) is 13.2 Å². The molecule has 0 radical (unpaired) electrons. The van der Waals surface area contributed by atoms with Gasteiger partial charge in [-0.25, -0.2) is 0 Å². The summed E-state index contributed by atoms with van der Waals surface area (Å²) in [6, 6.07) is 9.40. The Hall–Kier alpha value is -1.02. The molecule has 0 fully saturated rings. The Bertz CT molecular complexity index is 762. The molecule has 0 aliphatic heterocycles. The van der Waals surface area contributed by atoms with Gasteiger partial charge in [-0.3, -0.25) is 0 Å². The van der Waals surface area contributed by atoms with E-state index in [1.807, 2.05) is 18.2 Å². The molecule has 0 aromatic heterocycles. The Morgan fingerprint density at radius 2 is 1.79 bits per heavy atom. The van der Waals surface area contributed by atoms with E-state index in [1.165, 1.54) is 0 Å². The van der Waals surface area contributed by atoms with Crippen LogP contribution in [0.15, 0.2) is 34.8 Å². The fraction of sp³-hybridized carbons (Fsp3) is 0.400. The van der Waals surface area contributed by atoms with Gasteiger partial charge in [0.15, 0.2) is 11.5 Å². The van der Waals surface area contributed by atoms with Crippen molar-refractivity contribution >= 4 is 39.1 Å². The summed E-state index contributed by atoms with van der Waals surface area (Å²) in [7, 11) is 1.62. The average Bonchev–Trinajstić information content (AvgIpc) is 2.68. The van der Waals surface area contributed by atoms with Gasteiger partial charge < -0.3 is 25.2 Å². The van der Waals surface area contributed by atoms with Crippen molar-refractivity contribution in [2.75, 3.05) is 33.4 Å². The molecule has 0 amide bonds. The molecule has 0 aliphatic carbocycles. The Labute approximate surface area is 184 Å². The third kappa shape index (κ3) is 7.43. The lowest BCUT2D eigenvalue weighted by Crippen LogP contribution is -2.23. The SMILES string of the molecule is COc1cc(CNCCCNCCO)cc(Br)c1OCc1ccc(Cl)c(Cl)c1. The van der Waals surface area contributed by atoms with Crippen LogP contribution in [0.1, 0.15) is 17.5 Å². The van der Waals surface area contributed by atoms with E-state index in [9.17, 15) is 0 Å². The number of hydrogen-bond acceptors (Lipinski definition) is 5. The lowest BCUT2D eigenvalue weighted by atomic mass is 10.2. The Balaban J connectivity index is 1.92. The van der Waals surface area contributed by atoms with E-state index < -0.39 is 0 Å². The summed E-state index contributed by atoms with van der Waals surface area (Å²) in [6.07, 6.45) is 0.989. The van der Waals surface area contributed by atoms with Crippen molar-refractivity contribution in [3.8, 4) is 11.5 Å². The third-order valence-corrected chi connectivity index (χ3v) is 5.31. The van der Waals surface area contributed by atoms with E-state index in [0.29, 0.717) is 34.7 Å². The Morgan fingerprint density at radius 1 is 1.00 bits per heavy atom. The second-order valence-electron chi connectivity index (χ2n) is 6.15. The largest absolute Gasteiger partial charge is 0.493 e. The fourth-order valence-electron chi connectivity index (χ4n) is 2.58. The lowest BCUT2D eigenvalue weighted by molar-refractivity contribution is 0.282. The zero-order chi connectivity index (χ0) is 20.4. The maximum Gasteiger partial charge on any atom is 0.175 e. The molecule has 0 atom stereocenters. The zero-order valence-corrected chi connectivity index (χ0v) is 18.8. The molecule has 8 heteroatoms. The average molecular weight is 492 g/mol. The molecule has 5 nitrogen and oxygen atoms in total. The topological polar surface area (TPSA) is 62.8 Å². The second kappa shape index (κ2) is 12.5. The van der Waals surface area contributed by atoms with Gasteiger partial charge in [0.2, 0.25) is 0 Å². The van der Waals surface area contributed by atoms with Crippen LogP contribution in [0.2, 0.25) is 10.0 Å². The van der Waals surface area contributed by atoms with Crippen molar-refractivity contribution in [3.63, 3.8) is 0 Å². The van der Waals surface area contributed by atoms with Crippen LogP contribution in [0.4, 0.5) is 0 Å². The summed E-state index contributed by atoms with van der Waals surface area (Å²) >= 11 is 15.6. The predicted octanol–water partition coefficient (Wildman–Crippen LogP) is 4.41. The monoisotopic (exact) mass is 490 g/mol. The highest BCUT2D eigenvalue weighted by atomic mass is 79.9. The molecule has 28 heavy (non-hydrogen) atoms. The number of benzene rings is 2. The van der Waals surface area contributed by atoms with Crippen LogP contribution < -0.4 is 20.1 Å². The number of aliphatic hydroxyl groups excluding tert-OH is 1. The smallest absolute Gasteiger partial charge is 0.175 e. The molecule has 0 aliphatic rings. The first kappa shape index (κ1) is 23.3. The highest BCUT2D eigenvalue weighted by Crippen LogP contribution is 2.37. The van der Waals surface area contributed by atoms with E-state index in [4.69, 9.17) is 37.8 Å². The van der Waals surface area contributed by atoms with Gasteiger partial charge in [0.25, 0.3) is 0 Å². The summed E-state index contributed by atoms with van der Waals surface area (Å²) in [4.78, 5) is 0. The van der Waals surface area contributed by atoms with Crippen LogP contribution in [-0.4, -0.2) is 38.5 Å². The first-order chi connectivity index (χ1) is 13.5. The van der Waals surface area contributed by atoms with E-state index in [-0.39, 0.29) is 6.61 Å². The summed E-state index contributed by atoms with van der Waals surface area (Å²) in [5.74, 6) is 1.31. The van der Waals surface area contributed by atoms with Crippen molar-refractivity contribution in [1.82, 2.24) is 10.6 Å². The molecule has 0 heterocycles. The van der Waals surface area contributed by atoms with Crippen LogP contribution in [0, 0.1) is 0 Å². The Kier molecular flexibility index (Phi) is 10.4. The first-order valence-electron chi connectivity index (χ1n) is 9.00. The van der Waals surface area contributed by atoms with E-state index in [1.54, 1.807) is 19.2 Å². The Morgan fingerprint density at radius 3 is 2.50 bits per heavy atom. The minimum absolute atomic E-state index is 0.167. The van der Waals surface area contributed by atoms with Crippen LogP contribution in [0.5, 0.6) is 11.5 Å². The third-order valence-electron chi connectivity index (χ3n) is 3.98. The van der Waals surface area contributed by atoms with Gasteiger partial charge in [-0.15, -0.1) is 0 Å². The van der Waals surface area contributed by atoms with Crippen molar-refractivity contribution in [1.29, 1.82) is 0 Å². The highest BCUT2D eigenvalue weighted by molar-refractivity contribution is 9.10. The fourth-order valence-corrected chi connectivity index (χ4v) is 3.50. The molecule has 0 saturated carbocycles. The van der Waals surface area contributed by atoms with Gasteiger partial charge in [-0.05, 0) is 70.8 Å². The van der Waals surface area contributed by atoms with E-state index in [0.717, 1.165) is 41.7 Å². The standard InChI is InChI=1S/C20H25BrCl2N2O3/c1-27-19-11-15(12-25-6-2-5-24-7-8-26)9-16(21)20(19)28-13-14-3-4-17(22)18(23)10-14/h3-4,9-11,24-26H,2,5-8,12-13H2,1H3. The first-order valence-corrected chi connectivity index (χ1v) is 10.6. The summed E-state index contributed by atoms with van der Waals surface area (Å²) in [5, 5.41) is 16.3. The summed E-state index contributed by atoms with van der Waals surface area (Å²) < 4.78 is 12.3. The highest BCUT2D eigenvalue weighted by Gasteiger charge is 2.12. The molecule has 2 aromatic rings. The second-order valence-corrected chi connectivity index (χ2v) is 7.82. The quantitative estimate of drug-likeness (QED) is 0.384. The van der Waals surface area contributed by atoms with Gasteiger partial charge in [-0.1, -0.05) is 29.3 Å². The molecule has 2 rings (SSSR count). The lowest BCUT2D eigenvalue weighted by Gasteiger charge is -2.15. The zero-order valence-electron chi connectivity index (χ0n) is 15.7. The van der Waals surface area contributed by atoms with Crippen LogP contribution in [0.25, 0.3) is 0 Å². The normalized spacial score (nSPS) is 10.9. The van der Waals surface area contributed by atoms with Crippen LogP contribution >= 0.6 is 39.1 Å². The van der Waals surface area contributed by atoms with Crippen molar-refractivity contribution in [2.45, 2.75) is 19.6 Å². The minimum Gasteiger partial charge on any atom is -0.493 e. The summed E-state index contributed by atoms with van der Waals surface area (Å²) in [6.45, 7) is 3.64. The molecular weight excluding hydrogens is 467 g/mol. The number of nitrogens with one attached hydrogen (secondary N) is 2. The number of methoxy groups -OCH3 is 1. The van der Waals surface area contributed by atoms with Crippen molar-refractivity contribution in [3.05, 3.63) is 56.0 Å². The maximum atomic E-state index is 8.73. The van der Waals surface area contributed by atoms with Gasteiger partial charge in [-0.2, -0.15) is 0 Å². The summed E-state index contributed by atoms with van der Waals surface area (Å²) in [5.41, 5.74) is 2.01. The number of halogens is 3. The van der Waals surface area contributed by atoms with Gasteiger partial charge in [0.1, 0.15) is 6.61 Å². The maximum absolute atomic E-state index is 8.73. The van der Waals surface area contributed by atoms with Gasteiger partial charge in [0, 0.05) is 13.1 Å². The minimum atomic E-state index is 0.167. The number of hydrogen-bond donors (Lipinski definition) is 3.